The van der Waals surface area contributed by atoms with Crippen molar-refractivity contribution in [1.82, 2.24) is 4.98 Å². The number of aliphatic hydroxyl groups is 1. The van der Waals surface area contributed by atoms with E-state index in [0.29, 0.717) is 5.56 Å². The molecule has 0 saturated carbocycles. The largest absolute Gasteiger partial charge is 0.496 e. The average Bonchev–Trinajstić information content (AvgIpc) is 2.61. The molecule has 25 heavy (non-hydrogen) atoms. The number of nitrogens with zero attached hydrogens (tertiary/aromatic N) is 1. The second kappa shape index (κ2) is 7.06. The number of ether oxygens (including phenoxy) is 1. The van der Waals surface area contributed by atoms with E-state index in [1.165, 1.54) is 6.20 Å². The Morgan fingerprint density at radius 1 is 1.04 bits per heavy atom. The summed E-state index contributed by atoms with van der Waals surface area (Å²) in [6, 6.07) is 17.3. The maximum atomic E-state index is 9.61. The molecule has 3 nitrogen and oxygen atoms in total. The summed E-state index contributed by atoms with van der Waals surface area (Å²) in [5, 5.41) is 7.72. The van der Waals surface area contributed by atoms with Crippen LogP contribution >= 0.6 is 15.9 Å². The van der Waals surface area contributed by atoms with Crippen molar-refractivity contribution in [3.05, 3.63) is 70.8 Å². The van der Waals surface area contributed by atoms with Gasteiger partial charge >= 0.3 is 0 Å². The smallest absolute Gasteiger partial charge is 0.127 e. The van der Waals surface area contributed by atoms with Crippen molar-refractivity contribution in [1.29, 1.82) is 0 Å². The Morgan fingerprint density at radius 3 is 2.40 bits per heavy atom. The molecule has 6 heteroatoms. The van der Waals surface area contributed by atoms with Crippen molar-refractivity contribution >= 4 is 31.6 Å². The molecule has 0 spiro atoms. The third kappa shape index (κ3) is 3.80. The summed E-state index contributed by atoms with van der Waals surface area (Å²) in [4.78, 5) is 4.33. The van der Waals surface area contributed by atoms with E-state index in [-0.39, 0.29) is 0 Å². The van der Waals surface area contributed by atoms with Crippen molar-refractivity contribution in [2.24, 2.45) is 0 Å². The number of benzene rings is 2. The Bertz CT molecular complexity index is 893. The molecular weight excluding hydrogens is 376 g/mol. The van der Waals surface area contributed by atoms with Gasteiger partial charge in [0, 0.05) is 27.2 Å². The lowest BCUT2D eigenvalue weighted by atomic mass is 9.62. The minimum atomic E-state index is -1.90. The van der Waals surface area contributed by atoms with Gasteiger partial charge in [0.2, 0.25) is 0 Å². The maximum Gasteiger partial charge on any atom is 0.127 e. The zero-order chi connectivity index (χ0) is 18.0. The first kappa shape index (κ1) is 17.8. The monoisotopic (exact) mass is 389 g/mol. The van der Waals surface area contributed by atoms with Gasteiger partial charge in [0.05, 0.1) is 12.8 Å². The molecule has 0 amide bonds. The number of aromatic nitrogens is 1. The van der Waals surface area contributed by atoms with Gasteiger partial charge < -0.3 is 9.84 Å². The van der Waals surface area contributed by atoms with E-state index in [9.17, 15) is 5.11 Å². The fourth-order valence-electron chi connectivity index (χ4n) is 2.55. The summed E-state index contributed by atoms with van der Waals surface area (Å²) in [5.74, 6) is 0.740. The normalized spacial score (nSPS) is 11.3. The van der Waals surface area contributed by atoms with Crippen molar-refractivity contribution < 1.29 is 9.84 Å². The predicted octanol–water partition coefficient (Wildman–Crippen LogP) is 3.63. The maximum absolute atomic E-state index is 9.61. The molecule has 3 aromatic rings. The minimum Gasteiger partial charge on any atom is -0.496 e. The van der Waals surface area contributed by atoms with Gasteiger partial charge in [-0.2, -0.15) is 0 Å². The van der Waals surface area contributed by atoms with Crippen molar-refractivity contribution in [2.45, 2.75) is 5.40 Å². The number of methoxy groups -OCH3 is 1. The minimum absolute atomic E-state index is 0.341. The third-order valence-electron chi connectivity index (χ3n) is 3.89. The molecule has 0 atom stereocenters. The molecule has 1 heterocycles. The van der Waals surface area contributed by atoms with Gasteiger partial charge in [0.25, 0.3) is 0 Å². The highest BCUT2D eigenvalue weighted by atomic mass is 79.9. The van der Waals surface area contributed by atoms with Crippen molar-refractivity contribution in [2.75, 3.05) is 7.11 Å². The standard InChI is InChI=1S/C19H14B2BrNO2/c1-25-18-10-12(17-9-7-13(11-23-17)19(20,21)24)6-8-15(18)14-4-2-3-5-16(14)22/h2-11,24H,1H3. The summed E-state index contributed by atoms with van der Waals surface area (Å²) in [6.45, 7) is 0. The molecule has 0 aliphatic rings. The second-order valence-corrected chi connectivity index (χ2v) is 6.51. The van der Waals surface area contributed by atoms with Crippen LogP contribution in [0.15, 0.2) is 65.3 Å². The summed E-state index contributed by atoms with van der Waals surface area (Å²) in [7, 11) is 12.6. The van der Waals surface area contributed by atoms with Gasteiger partial charge in [-0.3, -0.25) is 4.98 Å². The first-order valence-electron chi connectivity index (χ1n) is 7.60. The zero-order valence-corrected chi connectivity index (χ0v) is 15.2. The van der Waals surface area contributed by atoms with E-state index in [1.54, 1.807) is 19.2 Å². The van der Waals surface area contributed by atoms with Crippen LogP contribution in [0.4, 0.5) is 0 Å². The molecule has 1 N–H and O–H groups in total. The number of rotatable bonds is 4. The third-order valence-corrected chi connectivity index (χ3v) is 4.58. The van der Waals surface area contributed by atoms with E-state index in [4.69, 9.17) is 20.4 Å². The summed E-state index contributed by atoms with van der Waals surface area (Å²) >= 11 is 3.57. The highest BCUT2D eigenvalue weighted by Crippen LogP contribution is 2.37. The van der Waals surface area contributed by atoms with E-state index < -0.39 is 5.40 Å². The van der Waals surface area contributed by atoms with E-state index in [1.807, 2.05) is 42.5 Å². The van der Waals surface area contributed by atoms with Crippen LogP contribution in [0.5, 0.6) is 5.75 Å². The van der Waals surface area contributed by atoms with Crippen LogP contribution in [-0.4, -0.2) is 32.9 Å². The summed E-state index contributed by atoms with van der Waals surface area (Å²) in [5.41, 5.74) is 3.98. The zero-order valence-electron chi connectivity index (χ0n) is 13.6. The molecule has 3 rings (SSSR count). The fourth-order valence-corrected chi connectivity index (χ4v) is 3.05. The number of pyridine rings is 1. The van der Waals surface area contributed by atoms with Crippen LogP contribution in [0.3, 0.4) is 0 Å². The van der Waals surface area contributed by atoms with Gasteiger partial charge in [0.1, 0.15) is 21.4 Å². The van der Waals surface area contributed by atoms with Crippen LogP contribution in [-0.2, 0) is 5.40 Å². The summed E-state index contributed by atoms with van der Waals surface area (Å²) < 4.78 is 6.56. The fraction of sp³-hybridized carbons (Fsp3) is 0.105. The molecule has 1 aromatic heterocycles. The van der Waals surface area contributed by atoms with Gasteiger partial charge in [-0.1, -0.05) is 46.3 Å². The van der Waals surface area contributed by atoms with Crippen LogP contribution in [0.1, 0.15) is 5.56 Å². The van der Waals surface area contributed by atoms with E-state index >= 15 is 0 Å². The molecule has 0 unspecified atom stereocenters. The molecule has 0 aliphatic heterocycles. The van der Waals surface area contributed by atoms with Gasteiger partial charge in [-0.05, 0) is 35.4 Å². The van der Waals surface area contributed by atoms with Gasteiger partial charge in [-0.25, -0.2) is 0 Å². The van der Waals surface area contributed by atoms with Crippen LogP contribution < -0.4 is 4.74 Å². The predicted molar refractivity (Wildman–Crippen MR) is 105 cm³/mol. The Hall–Kier alpha value is -2.04. The molecule has 0 bridgehead atoms. The summed E-state index contributed by atoms with van der Waals surface area (Å²) in [6.07, 6.45) is 1.46. The van der Waals surface area contributed by atoms with E-state index in [2.05, 4.69) is 20.9 Å². The quantitative estimate of drug-likeness (QED) is 0.693. The second-order valence-electron chi connectivity index (χ2n) is 5.65. The lowest BCUT2D eigenvalue weighted by Gasteiger charge is -2.18. The van der Waals surface area contributed by atoms with E-state index in [0.717, 1.165) is 32.6 Å². The number of hydrogen-bond acceptors (Lipinski definition) is 3. The number of hydrogen-bond donors (Lipinski definition) is 1. The SMILES string of the molecule is [B]C([B])(O)c1ccc(-c2ccc(-c3ccccc3Br)c(OC)c2)nc1. The van der Waals surface area contributed by atoms with Crippen LogP contribution in [0.2, 0.25) is 0 Å². The van der Waals surface area contributed by atoms with Crippen LogP contribution in [0.25, 0.3) is 22.4 Å². The Morgan fingerprint density at radius 2 is 1.80 bits per heavy atom. The molecule has 2 aromatic carbocycles. The Balaban J connectivity index is 2.01. The lowest BCUT2D eigenvalue weighted by Crippen LogP contribution is -2.25. The molecule has 120 valence electrons. The Labute approximate surface area is 158 Å². The molecular formula is C19H14B2BrNO2. The highest BCUT2D eigenvalue weighted by Gasteiger charge is 2.16. The number of halogens is 1. The first-order valence-corrected chi connectivity index (χ1v) is 8.39. The first-order chi connectivity index (χ1) is 11.9. The Kier molecular flexibility index (Phi) is 5.02. The van der Waals surface area contributed by atoms with Gasteiger partial charge in [0.15, 0.2) is 0 Å². The average molecular weight is 390 g/mol. The molecule has 0 aliphatic carbocycles. The molecule has 0 saturated heterocycles. The van der Waals surface area contributed by atoms with Crippen molar-refractivity contribution in [3.8, 4) is 28.1 Å². The molecule has 0 fully saturated rings. The molecule has 4 radical (unpaired) electrons. The lowest BCUT2D eigenvalue weighted by molar-refractivity contribution is 0.216. The van der Waals surface area contributed by atoms with Gasteiger partial charge in [-0.15, -0.1) is 0 Å². The topological polar surface area (TPSA) is 42.4 Å². The highest BCUT2D eigenvalue weighted by molar-refractivity contribution is 9.10. The van der Waals surface area contributed by atoms with Crippen molar-refractivity contribution in [3.63, 3.8) is 0 Å². The van der Waals surface area contributed by atoms with Crippen LogP contribution in [0, 0.1) is 0 Å².